The zero-order valence-corrected chi connectivity index (χ0v) is 8.59. The van der Waals surface area contributed by atoms with Gasteiger partial charge >= 0.3 is 5.97 Å². The number of aromatic nitrogens is 1. The van der Waals surface area contributed by atoms with Crippen LogP contribution in [0.25, 0.3) is 0 Å². The number of nitrogens with zero attached hydrogens (tertiary/aromatic N) is 1. The quantitative estimate of drug-likeness (QED) is 0.770. The van der Waals surface area contributed by atoms with E-state index in [1.165, 1.54) is 0 Å². The van der Waals surface area contributed by atoms with Crippen molar-refractivity contribution in [1.29, 1.82) is 0 Å². The van der Waals surface area contributed by atoms with Crippen molar-refractivity contribution in [3.8, 4) is 0 Å². The fourth-order valence-corrected chi connectivity index (χ4v) is 1.58. The number of hydrogen-bond donors (Lipinski definition) is 2. The van der Waals surface area contributed by atoms with Crippen molar-refractivity contribution in [3.05, 3.63) is 30.1 Å². The van der Waals surface area contributed by atoms with E-state index in [1.807, 2.05) is 12.1 Å². The summed E-state index contributed by atoms with van der Waals surface area (Å²) in [6.45, 7) is 0.421. The van der Waals surface area contributed by atoms with Crippen molar-refractivity contribution in [2.75, 3.05) is 0 Å². The molecular formula is C11H12N2O3. The number of carbonyl (C=O) groups is 2. The standard InChI is InChI=1S/C11H12N2O3/c14-10(8-5-9(8)11(15)16)13-6-7-1-3-12-4-2-7/h1-4,8-9H,5-6H2,(H,13,14)(H,15,16)/t8-,9-/m0/s1. The van der Waals surface area contributed by atoms with Gasteiger partial charge in [0.1, 0.15) is 0 Å². The Morgan fingerprint density at radius 3 is 2.62 bits per heavy atom. The number of carboxylic acids is 1. The number of carbonyl (C=O) groups excluding carboxylic acids is 1. The van der Waals surface area contributed by atoms with Gasteiger partial charge < -0.3 is 10.4 Å². The van der Waals surface area contributed by atoms with E-state index in [0.29, 0.717) is 13.0 Å². The molecule has 1 aromatic heterocycles. The molecule has 0 aliphatic heterocycles. The average molecular weight is 220 g/mol. The highest BCUT2D eigenvalue weighted by Crippen LogP contribution is 2.38. The first-order chi connectivity index (χ1) is 7.68. The molecule has 0 saturated heterocycles. The van der Waals surface area contributed by atoms with Crippen LogP contribution in [0.2, 0.25) is 0 Å². The molecule has 2 atom stereocenters. The van der Waals surface area contributed by atoms with Crippen molar-refractivity contribution in [2.45, 2.75) is 13.0 Å². The van der Waals surface area contributed by atoms with E-state index in [2.05, 4.69) is 10.3 Å². The van der Waals surface area contributed by atoms with Crippen LogP contribution < -0.4 is 5.32 Å². The van der Waals surface area contributed by atoms with E-state index < -0.39 is 11.9 Å². The number of pyridine rings is 1. The Kier molecular flexibility index (Phi) is 2.85. The second-order valence-corrected chi connectivity index (χ2v) is 3.86. The van der Waals surface area contributed by atoms with Crippen LogP contribution in [0.4, 0.5) is 0 Å². The van der Waals surface area contributed by atoms with Crippen LogP contribution in [0.15, 0.2) is 24.5 Å². The molecule has 5 nitrogen and oxygen atoms in total. The van der Waals surface area contributed by atoms with Gasteiger partial charge in [-0.25, -0.2) is 0 Å². The Hall–Kier alpha value is -1.91. The van der Waals surface area contributed by atoms with Gasteiger partial charge in [-0.3, -0.25) is 14.6 Å². The summed E-state index contributed by atoms with van der Waals surface area (Å²) in [5.74, 6) is -1.90. The molecule has 1 aromatic rings. The summed E-state index contributed by atoms with van der Waals surface area (Å²) in [5.41, 5.74) is 0.955. The van der Waals surface area contributed by atoms with Gasteiger partial charge in [0.2, 0.25) is 5.91 Å². The van der Waals surface area contributed by atoms with Gasteiger partial charge in [-0.05, 0) is 24.1 Å². The van der Waals surface area contributed by atoms with E-state index in [9.17, 15) is 9.59 Å². The fourth-order valence-electron chi connectivity index (χ4n) is 1.58. The van der Waals surface area contributed by atoms with Crippen LogP contribution >= 0.6 is 0 Å². The van der Waals surface area contributed by atoms with Crippen LogP contribution in [-0.2, 0) is 16.1 Å². The third-order valence-electron chi connectivity index (χ3n) is 2.66. The van der Waals surface area contributed by atoms with Gasteiger partial charge in [0.15, 0.2) is 0 Å². The largest absolute Gasteiger partial charge is 0.481 e. The van der Waals surface area contributed by atoms with Crippen molar-refractivity contribution in [3.63, 3.8) is 0 Å². The molecule has 0 aromatic carbocycles. The Labute approximate surface area is 92.5 Å². The molecular weight excluding hydrogens is 208 g/mol. The number of aliphatic carboxylic acids is 1. The molecule has 1 saturated carbocycles. The van der Waals surface area contributed by atoms with Crippen LogP contribution in [0.3, 0.4) is 0 Å². The highest BCUT2D eigenvalue weighted by Gasteiger charge is 2.48. The number of rotatable bonds is 4. The monoisotopic (exact) mass is 220 g/mol. The second-order valence-electron chi connectivity index (χ2n) is 3.86. The van der Waals surface area contributed by atoms with Crippen molar-refractivity contribution in [2.24, 2.45) is 11.8 Å². The van der Waals surface area contributed by atoms with Gasteiger partial charge in [0, 0.05) is 18.9 Å². The zero-order valence-electron chi connectivity index (χ0n) is 8.59. The summed E-state index contributed by atoms with van der Waals surface area (Å²) >= 11 is 0. The molecule has 0 radical (unpaired) electrons. The van der Waals surface area contributed by atoms with E-state index in [0.717, 1.165) is 5.56 Å². The van der Waals surface area contributed by atoms with Gasteiger partial charge in [0.25, 0.3) is 0 Å². The average Bonchev–Trinajstić information content (AvgIpc) is 3.07. The molecule has 1 amide bonds. The highest BCUT2D eigenvalue weighted by molar-refractivity contribution is 5.89. The molecule has 0 spiro atoms. The van der Waals surface area contributed by atoms with Gasteiger partial charge in [0.05, 0.1) is 11.8 Å². The normalized spacial score (nSPS) is 22.5. The first-order valence-electron chi connectivity index (χ1n) is 5.08. The lowest BCUT2D eigenvalue weighted by molar-refractivity contribution is -0.140. The summed E-state index contributed by atoms with van der Waals surface area (Å²) in [7, 11) is 0. The Morgan fingerprint density at radius 1 is 1.38 bits per heavy atom. The maximum atomic E-state index is 11.5. The van der Waals surface area contributed by atoms with Crippen LogP contribution in [-0.4, -0.2) is 22.0 Å². The molecule has 5 heteroatoms. The molecule has 84 valence electrons. The predicted molar refractivity (Wildman–Crippen MR) is 55.3 cm³/mol. The molecule has 1 fully saturated rings. The van der Waals surface area contributed by atoms with Gasteiger partial charge in [-0.1, -0.05) is 0 Å². The smallest absolute Gasteiger partial charge is 0.307 e. The predicted octanol–water partition coefficient (Wildman–Crippen LogP) is 0.418. The van der Waals surface area contributed by atoms with Gasteiger partial charge in [-0.2, -0.15) is 0 Å². The van der Waals surface area contributed by atoms with Crippen molar-refractivity contribution < 1.29 is 14.7 Å². The summed E-state index contributed by atoms with van der Waals surface area (Å²) in [6, 6.07) is 3.61. The zero-order chi connectivity index (χ0) is 11.5. The summed E-state index contributed by atoms with van der Waals surface area (Å²) < 4.78 is 0. The summed E-state index contributed by atoms with van der Waals surface area (Å²) in [4.78, 5) is 25.9. The number of nitrogens with one attached hydrogen (secondary N) is 1. The minimum atomic E-state index is -0.885. The molecule has 1 aliphatic carbocycles. The number of carboxylic acid groups (broad SMARTS) is 1. The van der Waals surface area contributed by atoms with E-state index in [4.69, 9.17) is 5.11 Å². The third-order valence-corrected chi connectivity index (χ3v) is 2.66. The van der Waals surface area contributed by atoms with E-state index in [-0.39, 0.29) is 11.8 Å². The summed E-state index contributed by atoms with van der Waals surface area (Å²) in [5, 5.41) is 11.4. The molecule has 0 bridgehead atoms. The van der Waals surface area contributed by atoms with Crippen LogP contribution in [0, 0.1) is 11.8 Å². The fraction of sp³-hybridized carbons (Fsp3) is 0.364. The van der Waals surface area contributed by atoms with E-state index >= 15 is 0 Å². The number of hydrogen-bond acceptors (Lipinski definition) is 3. The molecule has 2 rings (SSSR count). The Morgan fingerprint density at radius 2 is 2.06 bits per heavy atom. The minimum Gasteiger partial charge on any atom is -0.481 e. The van der Waals surface area contributed by atoms with E-state index in [1.54, 1.807) is 12.4 Å². The Bertz CT molecular complexity index is 405. The molecule has 16 heavy (non-hydrogen) atoms. The summed E-state index contributed by atoms with van der Waals surface area (Å²) in [6.07, 6.45) is 3.76. The van der Waals surface area contributed by atoms with Crippen LogP contribution in [0.1, 0.15) is 12.0 Å². The lowest BCUT2D eigenvalue weighted by Gasteiger charge is -2.03. The SMILES string of the molecule is O=C(O)[C@H]1C[C@@H]1C(=O)NCc1ccncc1. The third kappa shape index (κ3) is 2.36. The Balaban J connectivity index is 1.80. The van der Waals surface area contributed by atoms with Crippen molar-refractivity contribution in [1.82, 2.24) is 10.3 Å². The van der Waals surface area contributed by atoms with Gasteiger partial charge in [-0.15, -0.1) is 0 Å². The molecule has 0 unspecified atom stereocenters. The first-order valence-corrected chi connectivity index (χ1v) is 5.08. The second kappa shape index (κ2) is 4.30. The highest BCUT2D eigenvalue weighted by atomic mass is 16.4. The van der Waals surface area contributed by atoms with Crippen molar-refractivity contribution >= 4 is 11.9 Å². The minimum absolute atomic E-state index is 0.177. The maximum Gasteiger partial charge on any atom is 0.307 e. The lowest BCUT2D eigenvalue weighted by Crippen LogP contribution is -2.25. The molecule has 1 heterocycles. The topological polar surface area (TPSA) is 79.3 Å². The first kappa shape index (κ1) is 10.6. The lowest BCUT2D eigenvalue weighted by atomic mass is 10.2. The molecule has 1 aliphatic rings. The number of amides is 1. The maximum absolute atomic E-state index is 11.5. The molecule has 2 N–H and O–H groups in total. The van der Waals surface area contributed by atoms with Crippen LogP contribution in [0.5, 0.6) is 0 Å².